The van der Waals surface area contributed by atoms with Crippen LogP contribution in [0.3, 0.4) is 0 Å². The van der Waals surface area contributed by atoms with Crippen molar-refractivity contribution in [3.63, 3.8) is 0 Å². The van der Waals surface area contributed by atoms with Gasteiger partial charge in [-0.1, -0.05) is 0 Å². The molecule has 3 fully saturated rings. The van der Waals surface area contributed by atoms with Crippen molar-refractivity contribution < 1.29 is 9.59 Å². The van der Waals surface area contributed by atoms with Gasteiger partial charge in [-0.2, -0.15) is 0 Å². The van der Waals surface area contributed by atoms with Crippen LogP contribution in [0.2, 0.25) is 0 Å². The number of anilines is 3. The minimum absolute atomic E-state index is 0.0495. The number of hydrogen-bond donors (Lipinski definition) is 3. The Labute approximate surface area is 209 Å². The first-order valence-corrected chi connectivity index (χ1v) is 12.8. The number of pyridine rings is 1. The van der Waals surface area contributed by atoms with E-state index in [4.69, 9.17) is 0 Å². The topological polar surface area (TPSA) is 121 Å². The highest BCUT2D eigenvalue weighted by Gasteiger charge is 2.54. The number of aryl methyl sites for hydroxylation is 1. The van der Waals surface area contributed by atoms with Crippen molar-refractivity contribution in [2.45, 2.75) is 64.0 Å². The first-order chi connectivity index (χ1) is 17.1. The first kappa shape index (κ1) is 23.1. The number of carbonyl (C=O) groups excluding carboxylic acids is 2. The monoisotopic (exact) mass is 491 g/mol. The highest BCUT2D eigenvalue weighted by atomic mass is 16.2. The van der Waals surface area contributed by atoms with Crippen molar-refractivity contribution >= 4 is 29.1 Å². The second-order valence-electron chi connectivity index (χ2n) is 11.6. The Hall–Kier alpha value is -3.27. The summed E-state index contributed by atoms with van der Waals surface area (Å²) in [6.07, 6.45) is 9.18. The average molecular weight is 492 g/mol. The van der Waals surface area contributed by atoms with Crippen molar-refractivity contribution in [1.29, 1.82) is 0 Å². The van der Waals surface area contributed by atoms with E-state index >= 15 is 0 Å². The molecule has 2 spiro atoms. The van der Waals surface area contributed by atoms with Gasteiger partial charge in [0.1, 0.15) is 35.0 Å². The maximum absolute atomic E-state index is 13.7. The Morgan fingerprint density at radius 2 is 1.69 bits per heavy atom. The molecule has 0 aromatic carbocycles. The first-order valence-electron chi connectivity index (χ1n) is 12.8. The highest BCUT2D eigenvalue weighted by molar-refractivity contribution is 5.97. The van der Waals surface area contributed by atoms with Gasteiger partial charge in [0, 0.05) is 12.6 Å². The molecule has 3 N–H and O–H groups in total. The molecule has 1 aliphatic heterocycles. The van der Waals surface area contributed by atoms with E-state index in [-0.39, 0.29) is 22.8 Å². The molecule has 0 bridgehead atoms. The smallest absolute Gasteiger partial charge is 0.276 e. The molecule has 190 valence electrons. The number of rotatable bonds is 6. The third-order valence-electron chi connectivity index (χ3n) is 8.60. The van der Waals surface area contributed by atoms with Crippen LogP contribution in [0.15, 0.2) is 23.3 Å². The summed E-state index contributed by atoms with van der Waals surface area (Å²) in [6, 6.07) is 3.33. The van der Waals surface area contributed by atoms with Crippen molar-refractivity contribution in [2.24, 2.45) is 10.8 Å². The molecule has 6 rings (SSSR count). The van der Waals surface area contributed by atoms with E-state index in [0.29, 0.717) is 35.0 Å². The molecule has 2 aromatic heterocycles. The normalized spacial score (nSPS) is 21.8. The van der Waals surface area contributed by atoms with Gasteiger partial charge in [0.25, 0.3) is 11.5 Å². The molecule has 0 saturated heterocycles. The fourth-order valence-electron chi connectivity index (χ4n) is 6.16. The molecule has 4 aliphatic rings. The number of fused-ring (bicyclic) bond motifs is 2. The maximum atomic E-state index is 13.7. The van der Waals surface area contributed by atoms with Crippen molar-refractivity contribution in [1.82, 2.24) is 24.8 Å². The third kappa shape index (κ3) is 3.78. The van der Waals surface area contributed by atoms with Gasteiger partial charge in [-0.25, -0.2) is 9.97 Å². The zero-order chi connectivity index (χ0) is 25.3. The van der Waals surface area contributed by atoms with Crippen molar-refractivity contribution in [3.05, 3.63) is 40.1 Å². The molecular weight excluding hydrogens is 458 g/mol. The van der Waals surface area contributed by atoms with E-state index in [2.05, 4.69) is 25.9 Å². The third-order valence-corrected chi connectivity index (χ3v) is 8.60. The zero-order valence-corrected chi connectivity index (χ0v) is 21.1. The van der Waals surface area contributed by atoms with Crippen LogP contribution in [-0.2, 0) is 10.5 Å². The summed E-state index contributed by atoms with van der Waals surface area (Å²) >= 11 is 0. The number of amides is 2. The average Bonchev–Trinajstić information content (AvgIpc) is 3.75. The minimum atomic E-state index is -0.657. The summed E-state index contributed by atoms with van der Waals surface area (Å²) in [5.74, 6) is 0.561. The number of carbonyl (C=O) groups is 2. The van der Waals surface area contributed by atoms with E-state index in [0.717, 1.165) is 44.1 Å². The molecule has 0 atom stereocenters. The Bertz CT molecular complexity index is 1310. The van der Waals surface area contributed by atoms with Gasteiger partial charge in [0.05, 0.1) is 5.41 Å². The lowest BCUT2D eigenvalue weighted by Gasteiger charge is -2.39. The fourth-order valence-corrected chi connectivity index (χ4v) is 6.16. The van der Waals surface area contributed by atoms with Crippen LogP contribution in [0.1, 0.15) is 67.4 Å². The molecule has 0 radical (unpaired) electrons. The molecule has 3 aliphatic carbocycles. The van der Waals surface area contributed by atoms with Crippen LogP contribution >= 0.6 is 0 Å². The fraction of sp³-hybridized carbons (Fsp3) is 0.577. The van der Waals surface area contributed by atoms with Crippen LogP contribution in [0.5, 0.6) is 0 Å². The Morgan fingerprint density at radius 3 is 2.33 bits per heavy atom. The Balaban J connectivity index is 1.26. The molecule has 3 saturated carbocycles. The van der Waals surface area contributed by atoms with Crippen LogP contribution in [0, 0.1) is 17.8 Å². The lowest BCUT2D eigenvalue weighted by molar-refractivity contribution is -0.121. The zero-order valence-electron chi connectivity index (χ0n) is 21.1. The van der Waals surface area contributed by atoms with Crippen LogP contribution in [0.4, 0.5) is 17.3 Å². The molecule has 10 nitrogen and oxygen atoms in total. The van der Waals surface area contributed by atoms with E-state index in [1.807, 2.05) is 25.9 Å². The highest BCUT2D eigenvalue weighted by Crippen LogP contribution is 2.59. The summed E-state index contributed by atoms with van der Waals surface area (Å²) in [4.78, 5) is 50.0. The van der Waals surface area contributed by atoms with E-state index in [9.17, 15) is 14.4 Å². The van der Waals surface area contributed by atoms with Crippen molar-refractivity contribution in [2.75, 3.05) is 31.3 Å². The standard InChI is InChI=1S/C26H33N7O3/c1-16-12-17(22(35)33-20(16)21(34)31-26(33)10-6-24(4-5-24)7-11-26)29-18-13-19(28-15-27-18)30-23(36)25(8-9-25)14-32(2)3/h12-13,15H,4-11,14H2,1-3H3,(H,31,34)(H2,27,28,29,30,36). The Kier molecular flexibility index (Phi) is 5.06. The SMILES string of the molecule is Cc1cc(Nc2cc(NC(=O)C3(CN(C)C)CC3)ncn2)c(=O)n2c1C(=O)NC21CCC2(CC2)CC1. The predicted molar refractivity (Wildman–Crippen MR) is 135 cm³/mol. The second-order valence-corrected chi connectivity index (χ2v) is 11.6. The minimum Gasteiger partial charge on any atom is -0.336 e. The lowest BCUT2D eigenvalue weighted by atomic mass is 9.79. The molecule has 2 amide bonds. The molecule has 36 heavy (non-hydrogen) atoms. The second kappa shape index (κ2) is 7.86. The summed E-state index contributed by atoms with van der Waals surface area (Å²) in [6.45, 7) is 2.54. The molecule has 2 aromatic rings. The van der Waals surface area contributed by atoms with Gasteiger partial charge in [-0.3, -0.25) is 19.0 Å². The van der Waals surface area contributed by atoms with Gasteiger partial charge >= 0.3 is 0 Å². The predicted octanol–water partition coefficient (Wildman–Crippen LogP) is 2.72. The molecular formula is C26H33N7O3. The van der Waals surface area contributed by atoms with Crippen molar-refractivity contribution in [3.8, 4) is 0 Å². The Morgan fingerprint density at radius 1 is 1.03 bits per heavy atom. The van der Waals surface area contributed by atoms with Gasteiger partial charge in [-0.05, 0) is 89.4 Å². The van der Waals surface area contributed by atoms with Crippen LogP contribution in [-0.4, -0.2) is 51.9 Å². The maximum Gasteiger partial charge on any atom is 0.276 e. The quantitative estimate of drug-likeness (QED) is 0.568. The van der Waals surface area contributed by atoms with E-state index in [1.165, 1.54) is 19.2 Å². The number of nitrogens with one attached hydrogen (secondary N) is 3. The molecule has 10 heteroatoms. The van der Waals surface area contributed by atoms with Gasteiger partial charge < -0.3 is 20.9 Å². The van der Waals surface area contributed by atoms with Crippen LogP contribution < -0.4 is 21.5 Å². The van der Waals surface area contributed by atoms with Crippen LogP contribution in [0.25, 0.3) is 0 Å². The number of nitrogens with zero attached hydrogens (tertiary/aromatic N) is 4. The van der Waals surface area contributed by atoms with E-state index < -0.39 is 5.66 Å². The largest absolute Gasteiger partial charge is 0.336 e. The summed E-state index contributed by atoms with van der Waals surface area (Å²) < 4.78 is 1.68. The summed E-state index contributed by atoms with van der Waals surface area (Å²) in [5, 5.41) is 9.20. The lowest BCUT2D eigenvalue weighted by Crippen LogP contribution is -2.50. The van der Waals surface area contributed by atoms with Gasteiger partial charge in [0.15, 0.2) is 0 Å². The van der Waals surface area contributed by atoms with Gasteiger partial charge in [-0.15, -0.1) is 0 Å². The summed E-state index contributed by atoms with van der Waals surface area (Å²) in [5.41, 5.74) is 0.693. The molecule has 0 unspecified atom stereocenters. The molecule has 3 heterocycles. The van der Waals surface area contributed by atoms with E-state index in [1.54, 1.807) is 16.7 Å². The number of aromatic nitrogens is 3. The number of hydrogen-bond acceptors (Lipinski definition) is 7. The van der Waals surface area contributed by atoms with Gasteiger partial charge in [0.2, 0.25) is 5.91 Å². The summed E-state index contributed by atoms with van der Waals surface area (Å²) in [7, 11) is 3.92.